The number of nitrogens with zero attached hydrogens (tertiary/aromatic N) is 2. The van der Waals surface area contributed by atoms with Crippen LogP contribution in [-0.4, -0.2) is 16.6 Å². The smallest absolute Gasteiger partial charge is 0.100 e. The molecule has 0 aliphatic rings. The Morgan fingerprint density at radius 2 is 1.19 bits per heavy atom. The molecule has 0 fully saturated rings. The van der Waals surface area contributed by atoms with Gasteiger partial charge >= 0.3 is 0 Å². The van der Waals surface area contributed by atoms with Crippen molar-refractivity contribution < 1.29 is 0 Å². The van der Waals surface area contributed by atoms with Gasteiger partial charge in [-0.3, -0.25) is 4.57 Å². The van der Waals surface area contributed by atoms with E-state index in [0.29, 0.717) is 5.71 Å². The maximum atomic E-state index is 9.13. The number of fused-ring (bicyclic) bond motifs is 9. The third-order valence-electron chi connectivity index (χ3n) is 9.15. The Balaban J connectivity index is 1.20. The zero-order valence-electron chi connectivity index (χ0n) is 26.0. The highest BCUT2D eigenvalue weighted by Gasteiger charge is 2.16. The van der Waals surface area contributed by atoms with Crippen molar-refractivity contribution in [1.29, 1.82) is 5.41 Å². The first kappa shape index (κ1) is 28.1. The van der Waals surface area contributed by atoms with Crippen LogP contribution in [0, 0.1) is 5.41 Å². The van der Waals surface area contributed by atoms with Gasteiger partial charge in [0.1, 0.15) is 6.34 Å². The summed E-state index contributed by atoms with van der Waals surface area (Å²) in [5.41, 5.74) is 7.34. The second-order valence-corrected chi connectivity index (χ2v) is 13.1. The zero-order chi connectivity index (χ0) is 32.0. The number of allylic oxidation sites excluding steroid dienone is 1. The van der Waals surface area contributed by atoms with Gasteiger partial charge in [-0.15, -0.1) is 11.3 Å². The highest BCUT2D eigenvalue weighted by atomic mass is 32.1. The lowest BCUT2D eigenvalue weighted by molar-refractivity contribution is 1.31. The predicted octanol–water partition coefficient (Wildman–Crippen LogP) is 12.0. The SMILES string of the molecule is N=C(/C=C(\N=C\n1c2ccccc2c2c3ccc4sc5ccccc5c4c3ccc21)c1ccccc1)c1cccc(-c2ccccc2)c1. The average Bonchev–Trinajstić information content (AvgIpc) is 3.70. The van der Waals surface area contributed by atoms with Crippen LogP contribution in [0.1, 0.15) is 11.1 Å². The number of para-hydroxylation sites is 1. The van der Waals surface area contributed by atoms with Crippen LogP contribution in [0.25, 0.3) is 69.6 Å². The summed E-state index contributed by atoms with van der Waals surface area (Å²) in [6.07, 6.45) is 3.79. The van der Waals surface area contributed by atoms with Crippen molar-refractivity contribution in [2.45, 2.75) is 0 Å². The molecule has 226 valence electrons. The van der Waals surface area contributed by atoms with E-state index in [2.05, 4.69) is 102 Å². The molecule has 0 saturated carbocycles. The molecule has 3 nitrogen and oxygen atoms in total. The van der Waals surface area contributed by atoms with Crippen molar-refractivity contribution in [3.63, 3.8) is 0 Å². The molecule has 0 atom stereocenters. The first-order valence-electron chi connectivity index (χ1n) is 16.0. The molecule has 0 aliphatic carbocycles. The summed E-state index contributed by atoms with van der Waals surface area (Å²) in [5.74, 6) is 0. The van der Waals surface area contributed by atoms with Gasteiger partial charge < -0.3 is 5.41 Å². The van der Waals surface area contributed by atoms with Crippen LogP contribution in [0.2, 0.25) is 0 Å². The van der Waals surface area contributed by atoms with Crippen LogP contribution in [-0.2, 0) is 0 Å². The van der Waals surface area contributed by atoms with Gasteiger partial charge in [0.05, 0.1) is 22.4 Å². The zero-order valence-corrected chi connectivity index (χ0v) is 26.8. The lowest BCUT2D eigenvalue weighted by atomic mass is 9.99. The molecule has 9 rings (SSSR count). The first-order chi connectivity index (χ1) is 23.7. The van der Waals surface area contributed by atoms with E-state index in [-0.39, 0.29) is 0 Å². The van der Waals surface area contributed by atoms with Crippen molar-refractivity contribution >= 4 is 81.8 Å². The Labute approximate surface area is 281 Å². The topological polar surface area (TPSA) is 41.1 Å². The van der Waals surface area contributed by atoms with E-state index in [9.17, 15) is 0 Å². The fourth-order valence-corrected chi connectivity index (χ4v) is 8.01. The van der Waals surface area contributed by atoms with Gasteiger partial charge in [-0.25, -0.2) is 4.99 Å². The number of aromatic nitrogens is 1. The van der Waals surface area contributed by atoms with Crippen LogP contribution in [0.4, 0.5) is 0 Å². The number of hydrogen-bond acceptors (Lipinski definition) is 3. The first-order valence-corrected chi connectivity index (χ1v) is 16.9. The summed E-state index contributed by atoms with van der Waals surface area (Å²) in [6.45, 7) is 0. The molecular formula is C44H29N3S. The van der Waals surface area contributed by atoms with E-state index in [4.69, 9.17) is 10.4 Å². The number of aliphatic imine (C=N–C) groups is 1. The van der Waals surface area contributed by atoms with Gasteiger partial charge in [0, 0.05) is 42.1 Å². The van der Waals surface area contributed by atoms with E-state index < -0.39 is 0 Å². The van der Waals surface area contributed by atoms with E-state index in [1.807, 2.05) is 84.4 Å². The number of thiophene rings is 1. The maximum absolute atomic E-state index is 9.13. The molecule has 0 saturated heterocycles. The molecule has 0 unspecified atom stereocenters. The molecule has 7 aromatic carbocycles. The van der Waals surface area contributed by atoms with Crippen molar-refractivity contribution in [3.8, 4) is 11.1 Å². The van der Waals surface area contributed by atoms with Gasteiger partial charge in [-0.1, -0.05) is 127 Å². The molecule has 9 aromatic rings. The summed E-state index contributed by atoms with van der Waals surface area (Å²) in [5, 5.41) is 16.7. The van der Waals surface area contributed by atoms with Gasteiger partial charge in [0.25, 0.3) is 0 Å². The van der Waals surface area contributed by atoms with Crippen LogP contribution >= 0.6 is 11.3 Å². The fourth-order valence-electron chi connectivity index (χ4n) is 6.89. The van der Waals surface area contributed by atoms with E-state index in [0.717, 1.165) is 39.0 Å². The standard InChI is InChI=1S/C44H29N3S/c45-37(32-17-11-16-31(26-32)29-12-3-1-4-13-29)27-38(30-14-5-2-6-15-30)46-28-47-39-20-9-7-18-35(39)43-33-23-25-42-44(34(33)22-24-40(43)47)36-19-8-10-21-41(36)48-42/h1-28,45H/b38-27-,45-37?,46-28+. The molecule has 2 aromatic heterocycles. The van der Waals surface area contributed by atoms with Gasteiger partial charge in [0.15, 0.2) is 0 Å². The van der Waals surface area contributed by atoms with E-state index >= 15 is 0 Å². The summed E-state index contributed by atoms with van der Waals surface area (Å²) >= 11 is 1.85. The second kappa shape index (κ2) is 11.6. The van der Waals surface area contributed by atoms with Crippen molar-refractivity contribution in [2.75, 3.05) is 0 Å². The minimum atomic E-state index is 0.406. The Kier molecular flexibility index (Phi) is 6.81. The normalized spacial score (nSPS) is 12.3. The van der Waals surface area contributed by atoms with Gasteiger partial charge in [0.2, 0.25) is 0 Å². The number of benzene rings is 7. The van der Waals surface area contributed by atoms with Crippen LogP contribution < -0.4 is 0 Å². The van der Waals surface area contributed by atoms with Crippen LogP contribution in [0.3, 0.4) is 0 Å². The predicted molar refractivity (Wildman–Crippen MR) is 207 cm³/mol. The van der Waals surface area contributed by atoms with E-state index in [1.54, 1.807) is 0 Å². The lowest BCUT2D eigenvalue weighted by Gasteiger charge is -2.08. The largest absolute Gasteiger partial charge is 0.300 e. The quantitative estimate of drug-likeness (QED) is 0.140. The fraction of sp³-hybridized carbons (Fsp3) is 0. The molecule has 0 radical (unpaired) electrons. The number of hydrogen-bond donors (Lipinski definition) is 1. The van der Waals surface area contributed by atoms with Gasteiger partial charge in [-0.2, -0.15) is 0 Å². The molecule has 2 heterocycles. The monoisotopic (exact) mass is 631 g/mol. The Bertz CT molecular complexity index is 2730. The molecule has 0 amide bonds. The van der Waals surface area contributed by atoms with Crippen molar-refractivity contribution in [1.82, 2.24) is 4.57 Å². The Morgan fingerprint density at radius 3 is 2.04 bits per heavy atom. The van der Waals surface area contributed by atoms with Crippen molar-refractivity contribution in [2.24, 2.45) is 4.99 Å². The number of rotatable bonds is 6. The molecular weight excluding hydrogens is 603 g/mol. The molecule has 4 heteroatoms. The Hall–Kier alpha value is -6.10. The third kappa shape index (κ3) is 4.74. The van der Waals surface area contributed by atoms with Crippen LogP contribution in [0.5, 0.6) is 0 Å². The van der Waals surface area contributed by atoms with Crippen LogP contribution in [0.15, 0.2) is 169 Å². The molecule has 0 aliphatic heterocycles. The molecule has 0 bridgehead atoms. The highest BCUT2D eigenvalue weighted by Crippen LogP contribution is 2.42. The molecule has 1 N–H and O–H groups in total. The Morgan fingerprint density at radius 1 is 0.521 bits per heavy atom. The maximum Gasteiger partial charge on any atom is 0.100 e. The molecule has 0 spiro atoms. The summed E-state index contributed by atoms with van der Waals surface area (Å²) in [7, 11) is 0. The minimum Gasteiger partial charge on any atom is -0.300 e. The molecule has 48 heavy (non-hydrogen) atoms. The third-order valence-corrected chi connectivity index (χ3v) is 10.3. The summed E-state index contributed by atoms with van der Waals surface area (Å²) in [4.78, 5) is 5.11. The number of nitrogens with one attached hydrogen (secondary N) is 1. The van der Waals surface area contributed by atoms with Gasteiger partial charge in [-0.05, 0) is 58.3 Å². The minimum absolute atomic E-state index is 0.406. The lowest BCUT2D eigenvalue weighted by Crippen LogP contribution is -1.99. The second-order valence-electron chi connectivity index (χ2n) is 12.0. The summed E-state index contributed by atoms with van der Waals surface area (Å²) < 4.78 is 4.81. The van der Waals surface area contributed by atoms with Crippen molar-refractivity contribution in [3.05, 3.63) is 175 Å². The van der Waals surface area contributed by atoms with E-state index in [1.165, 1.54) is 41.7 Å². The highest BCUT2D eigenvalue weighted by molar-refractivity contribution is 7.26. The average molecular weight is 632 g/mol. The summed E-state index contributed by atoms with van der Waals surface area (Å²) in [6, 6.07) is 54.9.